The van der Waals surface area contributed by atoms with Gasteiger partial charge < -0.3 is 9.47 Å². The molecule has 2 heterocycles. The van der Waals surface area contributed by atoms with Crippen LogP contribution in [0.1, 0.15) is 32.1 Å². The Kier molecular flexibility index (Phi) is 1.91. The van der Waals surface area contributed by atoms with Crippen molar-refractivity contribution < 1.29 is 9.47 Å². The summed E-state index contributed by atoms with van der Waals surface area (Å²) in [5.41, 5.74) is 0. The van der Waals surface area contributed by atoms with Gasteiger partial charge in [-0.1, -0.05) is 19.3 Å². The fraction of sp³-hybridized carbons (Fsp3) is 1.00. The Morgan fingerprint density at radius 3 is 2.90 bits per heavy atom. The summed E-state index contributed by atoms with van der Waals surface area (Å²) in [6, 6.07) is 0. The fourth-order valence-electron chi connectivity index (χ4n) is 1.48. The van der Waals surface area contributed by atoms with Crippen molar-refractivity contribution in [2.75, 3.05) is 6.61 Å². The predicted molar refractivity (Wildman–Crippen MR) is 37.7 cm³/mol. The van der Waals surface area contributed by atoms with E-state index in [1.54, 1.807) is 0 Å². The Labute approximate surface area is 61.5 Å². The first-order chi connectivity index (χ1) is 4.97. The maximum absolute atomic E-state index is 5.41. The molecule has 0 radical (unpaired) electrons. The second kappa shape index (κ2) is 2.89. The minimum absolute atomic E-state index is 0.179. The highest BCUT2D eigenvalue weighted by Crippen LogP contribution is 2.29. The second-order valence-electron chi connectivity index (χ2n) is 3.12. The van der Waals surface area contributed by atoms with Gasteiger partial charge in [-0.25, -0.2) is 0 Å². The molecule has 2 fully saturated rings. The van der Waals surface area contributed by atoms with Crippen LogP contribution in [0.4, 0.5) is 0 Å². The lowest BCUT2D eigenvalue weighted by molar-refractivity contribution is 0.0480. The third kappa shape index (κ3) is 1.50. The van der Waals surface area contributed by atoms with Crippen molar-refractivity contribution in [1.82, 2.24) is 0 Å². The van der Waals surface area contributed by atoms with E-state index < -0.39 is 0 Å². The van der Waals surface area contributed by atoms with Gasteiger partial charge in [-0.2, -0.15) is 0 Å². The van der Waals surface area contributed by atoms with Gasteiger partial charge in [0.15, 0.2) is 6.29 Å². The highest BCUT2D eigenvalue weighted by Gasteiger charge is 2.39. The summed E-state index contributed by atoms with van der Waals surface area (Å²) in [4.78, 5) is 0. The first kappa shape index (κ1) is 6.62. The lowest BCUT2D eigenvalue weighted by Gasteiger charge is -1.97. The fourth-order valence-corrected chi connectivity index (χ4v) is 1.48. The van der Waals surface area contributed by atoms with Crippen molar-refractivity contribution in [3.8, 4) is 0 Å². The normalized spacial score (nSPS) is 40.8. The molecular weight excluding hydrogens is 128 g/mol. The van der Waals surface area contributed by atoms with Crippen molar-refractivity contribution in [2.24, 2.45) is 0 Å². The molecule has 2 atom stereocenters. The molecule has 2 nitrogen and oxygen atoms in total. The van der Waals surface area contributed by atoms with E-state index in [2.05, 4.69) is 0 Å². The van der Waals surface area contributed by atoms with Gasteiger partial charge in [0, 0.05) is 6.61 Å². The van der Waals surface area contributed by atoms with Crippen LogP contribution in [-0.4, -0.2) is 19.0 Å². The van der Waals surface area contributed by atoms with Crippen molar-refractivity contribution in [3.63, 3.8) is 0 Å². The van der Waals surface area contributed by atoms with E-state index in [1.165, 1.54) is 32.1 Å². The maximum Gasteiger partial charge on any atom is 0.184 e. The van der Waals surface area contributed by atoms with E-state index in [9.17, 15) is 0 Å². The minimum atomic E-state index is 0.179. The van der Waals surface area contributed by atoms with Gasteiger partial charge >= 0.3 is 0 Å². The predicted octanol–water partition coefficient (Wildman–Crippen LogP) is 1.69. The van der Waals surface area contributed by atoms with Crippen LogP contribution in [0.2, 0.25) is 0 Å². The van der Waals surface area contributed by atoms with Crippen molar-refractivity contribution in [3.05, 3.63) is 0 Å². The maximum atomic E-state index is 5.41. The number of hydrogen-bond donors (Lipinski definition) is 0. The van der Waals surface area contributed by atoms with Crippen LogP contribution < -0.4 is 0 Å². The van der Waals surface area contributed by atoms with Crippen LogP contribution >= 0.6 is 0 Å². The summed E-state index contributed by atoms with van der Waals surface area (Å²) in [6.07, 6.45) is 7.08. The number of epoxide rings is 1. The molecule has 0 aromatic carbocycles. The standard InChI is InChI=1S/C8H14O2/c1-2-4-6-9-8-7(10-8)5-3-1/h7-8H,1-6H2. The molecule has 0 bridgehead atoms. The van der Waals surface area contributed by atoms with E-state index in [1.807, 2.05) is 0 Å². The molecule has 0 amide bonds. The van der Waals surface area contributed by atoms with Gasteiger partial charge in [0.2, 0.25) is 0 Å². The van der Waals surface area contributed by atoms with Gasteiger partial charge in [-0.05, 0) is 12.8 Å². The summed E-state index contributed by atoms with van der Waals surface area (Å²) in [6.45, 7) is 0.904. The number of hydrogen-bond acceptors (Lipinski definition) is 2. The van der Waals surface area contributed by atoms with Crippen LogP contribution in [0.25, 0.3) is 0 Å². The molecule has 2 aliphatic rings. The van der Waals surface area contributed by atoms with Crippen molar-refractivity contribution >= 4 is 0 Å². The summed E-state index contributed by atoms with van der Waals surface area (Å²) < 4.78 is 10.7. The zero-order chi connectivity index (χ0) is 6.81. The number of fused-ring (bicyclic) bond motifs is 1. The molecule has 0 spiro atoms. The van der Waals surface area contributed by atoms with Crippen molar-refractivity contribution in [1.29, 1.82) is 0 Å². The molecule has 58 valence electrons. The lowest BCUT2D eigenvalue weighted by atomic mass is 10.1. The zero-order valence-electron chi connectivity index (χ0n) is 6.21. The summed E-state index contributed by atoms with van der Waals surface area (Å²) in [5.74, 6) is 0. The van der Waals surface area contributed by atoms with E-state index in [4.69, 9.17) is 9.47 Å². The molecule has 2 rings (SSSR count). The third-order valence-corrected chi connectivity index (χ3v) is 2.20. The largest absolute Gasteiger partial charge is 0.350 e. The summed E-state index contributed by atoms with van der Waals surface area (Å²) in [7, 11) is 0. The monoisotopic (exact) mass is 142 g/mol. The SMILES string of the molecule is C1CCCC2OC2OCC1. The average molecular weight is 142 g/mol. The second-order valence-corrected chi connectivity index (χ2v) is 3.12. The van der Waals surface area contributed by atoms with Gasteiger partial charge in [-0.3, -0.25) is 0 Å². The lowest BCUT2D eigenvalue weighted by Crippen LogP contribution is -1.99. The molecule has 0 aromatic heterocycles. The molecule has 0 N–H and O–H groups in total. The van der Waals surface area contributed by atoms with Gasteiger partial charge in [0.1, 0.15) is 6.10 Å². The first-order valence-electron chi connectivity index (χ1n) is 4.24. The van der Waals surface area contributed by atoms with E-state index in [0.29, 0.717) is 6.10 Å². The topological polar surface area (TPSA) is 21.8 Å². The molecule has 2 saturated heterocycles. The molecule has 2 unspecified atom stereocenters. The Hall–Kier alpha value is -0.0800. The summed E-state index contributed by atoms with van der Waals surface area (Å²) in [5, 5.41) is 0. The van der Waals surface area contributed by atoms with Crippen molar-refractivity contribution in [2.45, 2.75) is 44.5 Å². The highest BCUT2D eigenvalue weighted by molar-refractivity contribution is 4.77. The van der Waals surface area contributed by atoms with Gasteiger partial charge in [0.25, 0.3) is 0 Å². The Balaban J connectivity index is 1.77. The molecule has 2 aliphatic heterocycles. The molecule has 0 saturated carbocycles. The van der Waals surface area contributed by atoms with Gasteiger partial charge in [-0.15, -0.1) is 0 Å². The Morgan fingerprint density at radius 1 is 1.00 bits per heavy atom. The first-order valence-corrected chi connectivity index (χ1v) is 4.24. The number of ether oxygens (including phenoxy) is 2. The highest BCUT2D eigenvalue weighted by atomic mass is 16.8. The smallest absolute Gasteiger partial charge is 0.184 e. The van der Waals surface area contributed by atoms with E-state index >= 15 is 0 Å². The van der Waals surface area contributed by atoms with E-state index in [0.717, 1.165) is 6.61 Å². The summed E-state index contributed by atoms with van der Waals surface area (Å²) >= 11 is 0. The molecule has 2 heteroatoms. The Morgan fingerprint density at radius 2 is 1.90 bits per heavy atom. The van der Waals surface area contributed by atoms with Crippen LogP contribution in [-0.2, 0) is 9.47 Å². The van der Waals surface area contributed by atoms with E-state index in [-0.39, 0.29) is 6.29 Å². The quantitative estimate of drug-likeness (QED) is 0.480. The van der Waals surface area contributed by atoms with Crippen LogP contribution in [0.3, 0.4) is 0 Å². The zero-order valence-corrected chi connectivity index (χ0v) is 6.21. The number of rotatable bonds is 0. The van der Waals surface area contributed by atoms with Crippen LogP contribution in [0.15, 0.2) is 0 Å². The third-order valence-electron chi connectivity index (χ3n) is 2.20. The van der Waals surface area contributed by atoms with Gasteiger partial charge in [0.05, 0.1) is 0 Å². The molecule has 0 aliphatic carbocycles. The minimum Gasteiger partial charge on any atom is -0.350 e. The Bertz CT molecular complexity index is 102. The average Bonchev–Trinajstić information content (AvgIpc) is 2.66. The molecule has 10 heavy (non-hydrogen) atoms. The van der Waals surface area contributed by atoms with Crippen LogP contribution in [0.5, 0.6) is 0 Å². The molecular formula is C8H14O2. The van der Waals surface area contributed by atoms with Crippen LogP contribution in [0, 0.1) is 0 Å². The molecule has 0 aromatic rings.